The van der Waals surface area contributed by atoms with Crippen molar-refractivity contribution in [3.05, 3.63) is 29.8 Å². The molecule has 1 saturated heterocycles. The lowest BCUT2D eigenvalue weighted by Crippen LogP contribution is -2.51. The Morgan fingerprint density at radius 2 is 1.34 bits per heavy atom. The first-order valence-electron chi connectivity index (χ1n) is 16.4. The lowest BCUT2D eigenvalue weighted by molar-refractivity contribution is -0.912. The number of ether oxygens (including phenoxy) is 1. The molecule has 4 heteroatoms. The Bertz CT molecular complexity index is 714. The number of likely N-dealkylation sites (N-methyl/N-ethyl adjacent to an activating group) is 1. The van der Waals surface area contributed by atoms with Gasteiger partial charge < -0.3 is 14.5 Å². The molecule has 1 heterocycles. The maximum absolute atomic E-state index is 12.4. The second kappa shape index (κ2) is 21.3. The van der Waals surface area contributed by atoms with Crippen molar-refractivity contribution < 1.29 is 14.0 Å². The molecule has 1 fully saturated rings. The fourth-order valence-corrected chi connectivity index (χ4v) is 5.80. The van der Waals surface area contributed by atoms with Crippen molar-refractivity contribution >= 4 is 5.91 Å². The van der Waals surface area contributed by atoms with Gasteiger partial charge in [-0.05, 0) is 43.4 Å². The molecular weight excluding hydrogens is 468 g/mol. The molecule has 0 aromatic heterocycles. The van der Waals surface area contributed by atoms with Crippen LogP contribution >= 0.6 is 0 Å². The molecule has 0 radical (unpaired) electrons. The summed E-state index contributed by atoms with van der Waals surface area (Å²) >= 11 is 0. The van der Waals surface area contributed by atoms with Crippen LogP contribution in [0.2, 0.25) is 0 Å². The number of hydrogen-bond acceptors (Lipinski definition) is 2. The van der Waals surface area contributed by atoms with E-state index in [1.165, 1.54) is 129 Å². The number of quaternary nitrogens is 1. The summed E-state index contributed by atoms with van der Waals surface area (Å²) in [7, 11) is 2.32. The van der Waals surface area contributed by atoms with E-state index in [1.54, 1.807) is 0 Å². The van der Waals surface area contributed by atoms with Gasteiger partial charge in [0, 0.05) is 0 Å². The van der Waals surface area contributed by atoms with E-state index >= 15 is 0 Å². The normalized spacial score (nSPS) is 14.9. The minimum absolute atomic E-state index is 0.114. The summed E-state index contributed by atoms with van der Waals surface area (Å²) in [5, 5.41) is 3.13. The maximum Gasteiger partial charge on any atom is 0.224 e. The molecule has 0 spiro atoms. The summed E-state index contributed by atoms with van der Waals surface area (Å²) in [6.45, 7) is 7.35. The van der Waals surface area contributed by atoms with Crippen molar-refractivity contribution in [1.82, 2.24) is 5.32 Å². The standard InChI is InChI=1S/C34H60N2O2/c1-3-4-5-6-7-8-9-10-11-12-13-14-15-16-17-21-29-38-33-24-22-23-32(30-33)31-34(37)35-25-28-36(2)26-19-18-20-27-36/h22-24,30H,3-21,25-29,31H2,1-2H3/p+1. The molecule has 1 amide bonds. The molecule has 0 atom stereocenters. The van der Waals surface area contributed by atoms with E-state index in [0.29, 0.717) is 6.42 Å². The van der Waals surface area contributed by atoms with Gasteiger partial charge in [0.15, 0.2) is 0 Å². The van der Waals surface area contributed by atoms with E-state index in [9.17, 15) is 4.79 Å². The van der Waals surface area contributed by atoms with Crippen LogP contribution in [0.4, 0.5) is 0 Å². The lowest BCUT2D eigenvalue weighted by atomic mass is 10.0. The summed E-state index contributed by atoms with van der Waals surface area (Å²) in [4.78, 5) is 12.4. The number of piperidine rings is 1. The first-order chi connectivity index (χ1) is 18.6. The molecule has 38 heavy (non-hydrogen) atoms. The zero-order valence-electron chi connectivity index (χ0n) is 25.3. The summed E-state index contributed by atoms with van der Waals surface area (Å²) in [5.41, 5.74) is 1.03. The zero-order chi connectivity index (χ0) is 27.2. The number of likely N-dealkylation sites (tertiary alicyclic amines) is 1. The average Bonchev–Trinajstić information content (AvgIpc) is 2.91. The molecule has 0 unspecified atom stereocenters. The van der Waals surface area contributed by atoms with Crippen LogP contribution in [-0.2, 0) is 11.2 Å². The third kappa shape index (κ3) is 16.4. The quantitative estimate of drug-likeness (QED) is 0.114. The summed E-state index contributed by atoms with van der Waals surface area (Å²) in [6.07, 6.45) is 26.6. The minimum Gasteiger partial charge on any atom is -0.494 e. The molecular formula is C34H61N2O2+. The Morgan fingerprint density at radius 3 is 1.92 bits per heavy atom. The Labute approximate surface area is 235 Å². The molecule has 1 aliphatic heterocycles. The zero-order valence-corrected chi connectivity index (χ0v) is 25.3. The van der Waals surface area contributed by atoms with Crippen LogP contribution in [0.25, 0.3) is 0 Å². The van der Waals surface area contributed by atoms with Crippen molar-refractivity contribution in [3.8, 4) is 5.75 Å². The van der Waals surface area contributed by atoms with Crippen molar-refractivity contribution in [3.63, 3.8) is 0 Å². The van der Waals surface area contributed by atoms with Gasteiger partial charge in [-0.3, -0.25) is 4.79 Å². The highest BCUT2D eigenvalue weighted by Gasteiger charge is 2.24. The second-order valence-electron chi connectivity index (χ2n) is 12.2. The van der Waals surface area contributed by atoms with Crippen LogP contribution in [0.3, 0.4) is 0 Å². The fourth-order valence-electron chi connectivity index (χ4n) is 5.80. The van der Waals surface area contributed by atoms with Crippen molar-refractivity contribution in [1.29, 1.82) is 0 Å². The summed E-state index contributed by atoms with van der Waals surface area (Å²) in [5.74, 6) is 1.01. The minimum atomic E-state index is 0.114. The number of benzene rings is 1. The molecule has 0 aliphatic carbocycles. The van der Waals surface area contributed by atoms with Crippen molar-refractivity contribution in [2.24, 2.45) is 0 Å². The molecule has 1 aromatic carbocycles. The number of carbonyl (C=O) groups excluding carboxylic acids is 1. The third-order valence-electron chi connectivity index (χ3n) is 8.40. The van der Waals surface area contributed by atoms with E-state index in [4.69, 9.17) is 4.74 Å². The number of nitrogens with zero attached hydrogens (tertiary/aromatic N) is 1. The SMILES string of the molecule is CCCCCCCCCCCCCCCCCCOc1cccc(CC(=O)NCC[N+]2(C)CCCCC2)c1. The smallest absolute Gasteiger partial charge is 0.224 e. The van der Waals surface area contributed by atoms with Crippen LogP contribution in [-0.4, -0.2) is 50.2 Å². The highest BCUT2D eigenvalue weighted by molar-refractivity contribution is 5.78. The van der Waals surface area contributed by atoms with Gasteiger partial charge in [0.05, 0.1) is 46.3 Å². The molecule has 0 saturated carbocycles. The molecule has 1 N–H and O–H groups in total. The fraction of sp³-hybridized carbons (Fsp3) is 0.794. The molecule has 0 bridgehead atoms. The van der Waals surface area contributed by atoms with Gasteiger partial charge in [0.1, 0.15) is 5.75 Å². The Balaban J connectivity index is 1.41. The van der Waals surface area contributed by atoms with E-state index in [0.717, 1.165) is 41.9 Å². The number of unbranched alkanes of at least 4 members (excludes halogenated alkanes) is 15. The monoisotopic (exact) mass is 529 g/mol. The van der Waals surface area contributed by atoms with Crippen LogP contribution < -0.4 is 10.1 Å². The third-order valence-corrected chi connectivity index (χ3v) is 8.40. The largest absolute Gasteiger partial charge is 0.494 e. The molecule has 1 aromatic rings. The van der Waals surface area contributed by atoms with E-state index < -0.39 is 0 Å². The van der Waals surface area contributed by atoms with Gasteiger partial charge in [0.25, 0.3) is 0 Å². The first-order valence-corrected chi connectivity index (χ1v) is 16.4. The van der Waals surface area contributed by atoms with Gasteiger partial charge in [-0.2, -0.15) is 0 Å². The Hall–Kier alpha value is -1.55. The highest BCUT2D eigenvalue weighted by atomic mass is 16.5. The average molecular weight is 530 g/mol. The molecule has 1 aliphatic rings. The van der Waals surface area contributed by atoms with E-state index in [2.05, 4.69) is 19.3 Å². The van der Waals surface area contributed by atoms with Gasteiger partial charge >= 0.3 is 0 Å². The predicted octanol–water partition coefficient (Wildman–Crippen LogP) is 8.62. The van der Waals surface area contributed by atoms with Gasteiger partial charge in [-0.15, -0.1) is 0 Å². The first kappa shape index (κ1) is 32.7. The number of rotatable bonds is 23. The van der Waals surface area contributed by atoms with Crippen molar-refractivity contribution in [2.45, 2.75) is 135 Å². The summed E-state index contributed by atoms with van der Waals surface area (Å²) in [6, 6.07) is 8.07. The van der Waals surface area contributed by atoms with Crippen LogP contribution in [0.15, 0.2) is 24.3 Å². The van der Waals surface area contributed by atoms with Crippen molar-refractivity contribution in [2.75, 3.05) is 39.8 Å². The Kier molecular flexibility index (Phi) is 18.3. The predicted molar refractivity (Wildman–Crippen MR) is 163 cm³/mol. The van der Waals surface area contributed by atoms with Crippen LogP contribution in [0.5, 0.6) is 5.75 Å². The lowest BCUT2D eigenvalue weighted by Gasteiger charge is -2.37. The Morgan fingerprint density at radius 1 is 0.789 bits per heavy atom. The second-order valence-corrected chi connectivity index (χ2v) is 12.2. The molecule has 4 nitrogen and oxygen atoms in total. The number of nitrogens with one attached hydrogen (secondary N) is 1. The number of carbonyl (C=O) groups is 1. The van der Waals surface area contributed by atoms with Crippen LogP contribution in [0, 0.1) is 0 Å². The molecule has 218 valence electrons. The topological polar surface area (TPSA) is 38.3 Å². The maximum atomic E-state index is 12.4. The molecule has 2 rings (SSSR count). The van der Waals surface area contributed by atoms with Gasteiger partial charge in [-0.25, -0.2) is 0 Å². The van der Waals surface area contributed by atoms with Gasteiger partial charge in [-0.1, -0.05) is 115 Å². The van der Waals surface area contributed by atoms with Crippen LogP contribution in [0.1, 0.15) is 134 Å². The van der Waals surface area contributed by atoms with E-state index in [-0.39, 0.29) is 5.91 Å². The number of amides is 1. The highest BCUT2D eigenvalue weighted by Crippen LogP contribution is 2.17. The number of hydrogen-bond donors (Lipinski definition) is 1. The van der Waals surface area contributed by atoms with E-state index in [1.807, 2.05) is 24.3 Å². The van der Waals surface area contributed by atoms with Gasteiger partial charge in [0.2, 0.25) is 5.91 Å². The summed E-state index contributed by atoms with van der Waals surface area (Å²) < 4.78 is 7.09.